The van der Waals surface area contributed by atoms with Gasteiger partial charge >= 0.3 is 0 Å². The van der Waals surface area contributed by atoms with Crippen molar-refractivity contribution in [2.75, 3.05) is 5.73 Å². The molecule has 3 N–H and O–H groups in total. The Morgan fingerprint density at radius 1 is 1.11 bits per heavy atom. The van der Waals surface area contributed by atoms with Gasteiger partial charge in [-0.1, -0.05) is 15.9 Å². The maximum Gasteiger partial charge on any atom is 0.139 e. The van der Waals surface area contributed by atoms with E-state index in [9.17, 15) is 4.39 Å². The van der Waals surface area contributed by atoms with E-state index < -0.39 is 0 Å². The molecule has 0 aliphatic heterocycles. The summed E-state index contributed by atoms with van der Waals surface area (Å²) in [4.78, 5) is 7.52. The second kappa shape index (κ2) is 4.61. The normalized spacial score (nSPS) is 11.1. The maximum atomic E-state index is 13.5. The minimum absolute atomic E-state index is 0.323. The zero-order valence-corrected chi connectivity index (χ0v) is 12.7. The predicted molar refractivity (Wildman–Crippen MR) is 81.3 cm³/mol. The Labute approximate surface area is 125 Å². The number of aromatic amines is 1. The second-order valence-electron chi connectivity index (χ2n) is 4.14. The van der Waals surface area contributed by atoms with Crippen LogP contribution in [0, 0.1) is 5.82 Å². The molecule has 96 valence electrons. The number of anilines is 1. The van der Waals surface area contributed by atoms with Gasteiger partial charge in [0.25, 0.3) is 0 Å². The van der Waals surface area contributed by atoms with Gasteiger partial charge in [0.15, 0.2) is 0 Å². The van der Waals surface area contributed by atoms with Crippen LogP contribution >= 0.6 is 31.9 Å². The molecule has 19 heavy (non-hydrogen) atoms. The average Bonchev–Trinajstić information content (AvgIpc) is 2.71. The Kier molecular flexibility index (Phi) is 3.06. The van der Waals surface area contributed by atoms with Gasteiger partial charge in [-0.15, -0.1) is 0 Å². The number of halogens is 3. The van der Waals surface area contributed by atoms with E-state index in [0.717, 1.165) is 10.0 Å². The van der Waals surface area contributed by atoms with Crippen LogP contribution in [0.25, 0.3) is 22.4 Å². The maximum absolute atomic E-state index is 13.5. The van der Waals surface area contributed by atoms with Crippen LogP contribution in [-0.2, 0) is 0 Å². The Balaban J connectivity index is 2.20. The highest BCUT2D eigenvalue weighted by molar-refractivity contribution is 9.10. The molecule has 0 spiro atoms. The topological polar surface area (TPSA) is 54.7 Å². The number of nitrogen functional groups attached to an aromatic ring is 1. The lowest BCUT2D eigenvalue weighted by molar-refractivity contribution is 0.623. The van der Waals surface area contributed by atoms with Crippen molar-refractivity contribution in [2.45, 2.75) is 0 Å². The van der Waals surface area contributed by atoms with E-state index >= 15 is 0 Å². The van der Waals surface area contributed by atoms with Crippen molar-refractivity contribution in [3.8, 4) is 11.4 Å². The lowest BCUT2D eigenvalue weighted by atomic mass is 10.2. The first-order chi connectivity index (χ1) is 9.02. The third kappa shape index (κ3) is 2.37. The monoisotopic (exact) mass is 383 g/mol. The van der Waals surface area contributed by atoms with Gasteiger partial charge in [-0.05, 0) is 40.2 Å². The van der Waals surface area contributed by atoms with Crippen molar-refractivity contribution < 1.29 is 4.39 Å². The smallest absolute Gasteiger partial charge is 0.139 e. The molecule has 1 aromatic heterocycles. The molecule has 0 saturated carbocycles. The largest absolute Gasteiger partial charge is 0.399 e. The number of H-pyrrole nitrogens is 1. The van der Waals surface area contributed by atoms with Crippen LogP contribution in [0.1, 0.15) is 0 Å². The Morgan fingerprint density at radius 3 is 2.63 bits per heavy atom. The SMILES string of the molecule is Nc1cc(Br)cc(-c2nc3cc(Br)c(F)cc3[nH]2)c1. The summed E-state index contributed by atoms with van der Waals surface area (Å²) in [7, 11) is 0. The van der Waals surface area contributed by atoms with Crippen molar-refractivity contribution in [1.82, 2.24) is 9.97 Å². The van der Waals surface area contributed by atoms with Gasteiger partial charge in [-0.3, -0.25) is 0 Å². The van der Waals surface area contributed by atoms with E-state index in [-0.39, 0.29) is 5.82 Å². The van der Waals surface area contributed by atoms with E-state index in [4.69, 9.17) is 5.73 Å². The van der Waals surface area contributed by atoms with E-state index in [1.54, 1.807) is 6.07 Å². The number of aromatic nitrogens is 2. The molecule has 0 fully saturated rings. The molecule has 3 nitrogen and oxygen atoms in total. The molecule has 0 atom stereocenters. The van der Waals surface area contributed by atoms with E-state index in [2.05, 4.69) is 41.8 Å². The summed E-state index contributed by atoms with van der Waals surface area (Å²) < 4.78 is 14.7. The Hall–Kier alpha value is -1.40. The summed E-state index contributed by atoms with van der Waals surface area (Å²) in [6, 6.07) is 8.58. The van der Waals surface area contributed by atoms with Gasteiger partial charge in [0.2, 0.25) is 0 Å². The minimum Gasteiger partial charge on any atom is -0.399 e. The minimum atomic E-state index is -0.323. The molecule has 0 saturated heterocycles. The number of rotatable bonds is 1. The number of nitrogens with one attached hydrogen (secondary N) is 1. The van der Waals surface area contributed by atoms with Gasteiger partial charge in [0.05, 0.1) is 15.5 Å². The zero-order chi connectivity index (χ0) is 13.6. The van der Waals surface area contributed by atoms with Crippen LogP contribution in [0.2, 0.25) is 0 Å². The molecule has 6 heteroatoms. The van der Waals surface area contributed by atoms with Crippen LogP contribution in [0.3, 0.4) is 0 Å². The number of nitrogens with two attached hydrogens (primary N) is 1. The third-order valence-corrected chi connectivity index (χ3v) is 3.78. The van der Waals surface area contributed by atoms with Gasteiger partial charge in [0.1, 0.15) is 11.6 Å². The molecular formula is C13H8Br2FN3. The number of hydrogen-bond donors (Lipinski definition) is 2. The molecule has 0 amide bonds. The quantitative estimate of drug-likeness (QED) is 0.608. The molecule has 3 rings (SSSR count). The van der Waals surface area contributed by atoms with E-state index in [1.165, 1.54) is 6.07 Å². The lowest BCUT2D eigenvalue weighted by Gasteiger charge is -2.00. The van der Waals surface area contributed by atoms with Crippen molar-refractivity contribution >= 4 is 48.6 Å². The van der Waals surface area contributed by atoms with Crippen LogP contribution in [0.15, 0.2) is 39.3 Å². The molecule has 1 heterocycles. The lowest BCUT2D eigenvalue weighted by Crippen LogP contribution is -1.87. The molecule has 0 aliphatic carbocycles. The van der Waals surface area contributed by atoms with E-state index in [1.807, 2.05) is 18.2 Å². The number of fused-ring (bicyclic) bond motifs is 1. The second-order valence-corrected chi connectivity index (χ2v) is 5.91. The Bertz CT molecular complexity index is 724. The molecule has 0 radical (unpaired) electrons. The van der Waals surface area contributed by atoms with Crippen molar-refractivity contribution in [3.63, 3.8) is 0 Å². The van der Waals surface area contributed by atoms with Crippen LogP contribution in [0.5, 0.6) is 0 Å². The number of hydrogen-bond acceptors (Lipinski definition) is 2. The van der Waals surface area contributed by atoms with E-state index in [0.29, 0.717) is 27.0 Å². The first-order valence-corrected chi connectivity index (χ1v) is 7.03. The molecule has 0 bridgehead atoms. The first-order valence-electron chi connectivity index (χ1n) is 5.44. The fourth-order valence-electron chi connectivity index (χ4n) is 1.89. The molecule has 0 unspecified atom stereocenters. The van der Waals surface area contributed by atoms with Crippen LogP contribution < -0.4 is 5.73 Å². The zero-order valence-electron chi connectivity index (χ0n) is 9.55. The summed E-state index contributed by atoms with van der Waals surface area (Å²) in [6.07, 6.45) is 0. The van der Waals surface area contributed by atoms with Crippen LogP contribution in [-0.4, -0.2) is 9.97 Å². The third-order valence-electron chi connectivity index (χ3n) is 2.72. The van der Waals surface area contributed by atoms with Crippen molar-refractivity contribution in [3.05, 3.63) is 45.1 Å². The van der Waals surface area contributed by atoms with Crippen molar-refractivity contribution in [2.24, 2.45) is 0 Å². The van der Waals surface area contributed by atoms with Gasteiger partial charge in [0, 0.05) is 21.8 Å². The van der Waals surface area contributed by atoms with Gasteiger partial charge < -0.3 is 10.7 Å². The number of imidazole rings is 1. The summed E-state index contributed by atoms with van der Waals surface area (Å²) in [5.74, 6) is 0.331. The standard InChI is InChI=1S/C13H8Br2FN3/c14-7-1-6(2-8(17)3-7)13-18-11-4-9(15)10(16)5-12(11)19-13/h1-5H,17H2,(H,18,19). The fraction of sp³-hybridized carbons (Fsp3) is 0. The molecular weight excluding hydrogens is 377 g/mol. The number of nitrogens with zero attached hydrogens (tertiary/aromatic N) is 1. The highest BCUT2D eigenvalue weighted by atomic mass is 79.9. The summed E-state index contributed by atoms with van der Waals surface area (Å²) in [5, 5.41) is 0. The summed E-state index contributed by atoms with van der Waals surface area (Å²) in [5.41, 5.74) is 8.63. The fourth-order valence-corrected chi connectivity index (χ4v) is 2.73. The average molecular weight is 385 g/mol. The Morgan fingerprint density at radius 2 is 1.89 bits per heavy atom. The summed E-state index contributed by atoms with van der Waals surface area (Å²) in [6.45, 7) is 0. The van der Waals surface area contributed by atoms with Crippen molar-refractivity contribution in [1.29, 1.82) is 0 Å². The van der Waals surface area contributed by atoms with Gasteiger partial charge in [-0.2, -0.15) is 0 Å². The highest BCUT2D eigenvalue weighted by Crippen LogP contribution is 2.28. The molecule has 2 aromatic carbocycles. The summed E-state index contributed by atoms with van der Waals surface area (Å²) >= 11 is 6.54. The van der Waals surface area contributed by atoms with Gasteiger partial charge in [-0.25, -0.2) is 9.37 Å². The highest BCUT2D eigenvalue weighted by Gasteiger charge is 2.09. The van der Waals surface area contributed by atoms with Crippen LogP contribution in [0.4, 0.5) is 10.1 Å². The molecule has 0 aliphatic rings. The predicted octanol–water partition coefficient (Wildman–Crippen LogP) is 4.48. The number of benzene rings is 2. The molecule has 3 aromatic rings. The first kappa shape index (κ1) is 12.6.